The second-order valence-electron chi connectivity index (χ2n) is 5.78. The molecule has 0 radical (unpaired) electrons. The lowest BCUT2D eigenvalue weighted by molar-refractivity contribution is 0.0916. The summed E-state index contributed by atoms with van der Waals surface area (Å²) in [6.07, 6.45) is -2.32. The molecule has 146 valence electrons. The first-order chi connectivity index (χ1) is 13.3. The highest BCUT2D eigenvalue weighted by atomic mass is 35.5. The number of ether oxygens (including phenoxy) is 1. The van der Waals surface area contributed by atoms with Crippen molar-refractivity contribution in [1.29, 1.82) is 0 Å². The number of fused-ring (bicyclic) bond motifs is 1. The Kier molecular flexibility index (Phi) is 5.57. The van der Waals surface area contributed by atoms with Crippen LogP contribution >= 0.6 is 11.6 Å². The molecule has 28 heavy (non-hydrogen) atoms. The predicted molar refractivity (Wildman–Crippen MR) is 98.0 cm³/mol. The minimum Gasteiger partial charge on any atom is -0.465 e. The Morgan fingerprint density at radius 2 is 2.00 bits per heavy atom. The summed E-state index contributed by atoms with van der Waals surface area (Å²) in [4.78, 5) is 28.4. The van der Waals surface area contributed by atoms with Gasteiger partial charge in [-0.1, -0.05) is 17.7 Å². The maximum absolute atomic E-state index is 13.8. The van der Waals surface area contributed by atoms with Crippen LogP contribution in [0, 0.1) is 11.6 Å². The van der Waals surface area contributed by atoms with Crippen LogP contribution < -0.4 is 10.9 Å². The lowest BCUT2D eigenvalue weighted by Crippen LogP contribution is -2.33. The number of nitrogens with one attached hydrogen (secondary N) is 1. The fourth-order valence-electron chi connectivity index (χ4n) is 2.80. The summed E-state index contributed by atoms with van der Waals surface area (Å²) >= 11 is 6.13. The van der Waals surface area contributed by atoms with Crippen molar-refractivity contribution in [3.05, 3.63) is 69.2 Å². The van der Waals surface area contributed by atoms with Gasteiger partial charge in [0, 0.05) is 13.2 Å². The van der Waals surface area contributed by atoms with Crippen LogP contribution in [-0.4, -0.2) is 34.4 Å². The number of amides is 1. The van der Waals surface area contributed by atoms with Crippen LogP contribution in [0.1, 0.15) is 11.9 Å². The maximum Gasteiger partial charge on any atom is 0.404 e. The lowest BCUT2D eigenvalue weighted by atomic mass is 10.2. The largest absolute Gasteiger partial charge is 0.465 e. The molecule has 0 aliphatic heterocycles. The summed E-state index contributed by atoms with van der Waals surface area (Å²) in [5.74, 6) is -1.84. The third kappa shape index (κ3) is 3.80. The molecule has 1 aromatic heterocycles. The normalized spacial score (nSPS) is 12.1. The number of nitrogens with zero attached hydrogens (tertiary/aromatic N) is 2. The summed E-state index contributed by atoms with van der Waals surface area (Å²) in [5, 5.41) is 11.2. The fraction of sp³-hybridized carbons (Fsp3) is 0.167. The van der Waals surface area contributed by atoms with Crippen LogP contribution in [0.4, 0.5) is 13.6 Å². The Morgan fingerprint density at radius 3 is 2.61 bits per heavy atom. The number of carboxylic acid groups (broad SMARTS) is 1. The van der Waals surface area contributed by atoms with Crippen molar-refractivity contribution in [3.8, 4) is 5.69 Å². The summed E-state index contributed by atoms with van der Waals surface area (Å²) in [7, 11) is 1.29. The molecule has 1 heterocycles. The molecule has 0 fully saturated rings. The molecular weight excluding hydrogens is 396 g/mol. The Morgan fingerprint density at radius 1 is 1.32 bits per heavy atom. The Balaban J connectivity index is 2.34. The molecule has 0 aliphatic rings. The number of benzene rings is 2. The van der Waals surface area contributed by atoms with Crippen molar-refractivity contribution in [2.75, 3.05) is 13.7 Å². The van der Waals surface area contributed by atoms with Crippen LogP contribution in [-0.2, 0) is 4.74 Å². The van der Waals surface area contributed by atoms with E-state index in [9.17, 15) is 18.4 Å². The van der Waals surface area contributed by atoms with E-state index in [4.69, 9.17) is 21.4 Å². The van der Waals surface area contributed by atoms with E-state index in [2.05, 4.69) is 10.3 Å². The van der Waals surface area contributed by atoms with Gasteiger partial charge in [0.2, 0.25) is 0 Å². The van der Waals surface area contributed by atoms with Gasteiger partial charge in [0.25, 0.3) is 5.56 Å². The van der Waals surface area contributed by atoms with Gasteiger partial charge in [-0.05, 0) is 24.3 Å². The number of aromatic nitrogens is 2. The maximum atomic E-state index is 13.8. The van der Waals surface area contributed by atoms with Gasteiger partial charge in [-0.15, -0.1) is 0 Å². The van der Waals surface area contributed by atoms with E-state index in [-0.39, 0.29) is 34.0 Å². The number of carbonyl (C=O) groups is 1. The third-order valence-electron chi connectivity index (χ3n) is 3.99. The predicted octanol–water partition coefficient (Wildman–Crippen LogP) is 3.27. The highest BCUT2D eigenvalue weighted by molar-refractivity contribution is 6.35. The second-order valence-corrected chi connectivity index (χ2v) is 6.19. The van der Waals surface area contributed by atoms with Gasteiger partial charge in [0.15, 0.2) is 0 Å². The molecule has 2 N–H and O–H groups in total. The zero-order valence-corrected chi connectivity index (χ0v) is 15.2. The van der Waals surface area contributed by atoms with E-state index in [1.54, 1.807) is 12.1 Å². The number of hydrogen-bond acceptors (Lipinski definition) is 4. The van der Waals surface area contributed by atoms with E-state index in [0.29, 0.717) is 6.07 Å². The first-order valence-corrected chi connectivity index (χ1v) is 8.37. The molecule has 0 spiro atoms. The molecule has 0 aliphatic carbocycles. The van der Waals surface area contributed by atoms with Crippen molar-refractivity contribution in [2.24, 2.45) is 0 Å². The average Bonchev–Trinajstić information content (AvgIpc) is 2.61. The highest BCUT2D eigenvalue weighted by Gasteiger charge is 2.23. The van der Waals surface area contributed by atoms with Crippen molar-refractivity contribution < 1.29 is 23.4 Å². The van der Waals surface area contributed by atoms with Crippen LogP contribution in [0.25, 0.3) is 16.6 Å². The summed E-state index contributed by atoms with van der Waals surface area (Å²) in [5.41, 5.74) is -0.574. The van der Waals surface area contributed by atoms with E-state index in [0.717, 1.165) is 16.7 Å². The molecule has 1 unspecified atom stereocenters. The molecule has 3 aromatic rings. The van der Waals surface area contributed by atoms with Gasteiger partial charge in [-0.3, -0.25) is 9.36 Å². The minimum absolute atomic E-state index is 0.0407. The number of rotatable bonds is 5. The van der Waals surface area contributed by atoms with Crippen LogP contribution in [0.3, 0.4) is 0 Å². The summed E-state index contributed by atoms with van der Waals surface area (Å²) in [6, 6.07) is 7.19. The van der Waals surface area contributed by atoms with Crippen molar-refractivity contribution in [2.45, 2.75) is 6.10 Å². The lowest BCUT2D eigenvalue weighted by Gasteiger charge is -2.20. The molecule has 1 amide bonds. The Labute approximate surface area is 162 Å². The monoisotopic (exact) mass is 409 g/mol. The Bertz CT molecular complexity index is 1100. The molecule has 1 atom stereocenters. The van der Waals surface area contributed by atoms with Gasteiger partial charge < -0.3 is 15.2 Å². The third-order valence-corrected chi connectivity index (χ3v) is 4.30. The standard InChI is InChI=1S/C18H14ClF2N3O4/c1-28-14(8-22-18(26)27)16-23-13-4-2-3-12(19)15(13)17(25)24(16)11-6-9(20)5-10(21)7-11/h2-7,14,22H,8H2,1H3,(H,26,27). The molecule has 2 aromatic carbocycles. The highest BCUT2D eigenvalue weighted by Crippen LogP contribution is 2.24. The quantitative estimate of drug-likeness (QED) is 0.674. The molecule has 0 bridgehead atoms. The van der Waals surface area contributed by atoms with Gasteiger partial charge in [0.05, 0.1) is 28.2 Å². The van der Waals surface area contributed by atoms with Crippen LogP contribution in [0.15, 0.2) is 41.2 Å². The topological polar surface area (TPSA) is 93.5 Å². The van der Waals surface area contributed by atoms with Crippen molar-refractivity contribution in [1.82, 2.24) is 14.9 Å². The van der Waals surface area contributed by atoms with E-state index < -0.39 is 29.4 Å². The first kappa shape index (κ1) is 19.7. The van der Waals surface area contributed by atoms with E-state index in [1.807, 2.05) is 0 Å². The van der Waals surface area contributed by atoms with Crippen LogP contribution in [0.5, 0.6) is 0 Å². The molecule has 0 saturated carbocycles. The van der Waals surface area contributed by atoms with Crippen LogP contribution in [0.2, 0.25) is 5.02 Å². The minimum atomic E-state index is -1.31. The molecule has 7 nitrogen and oxygen atoms in total. The summed E-state index contributed by atoms with van der Waals surface area (Å²) < 4.78 is 33.8. The van der Waals surface area contributed by atoms with Gasteiger partial charge in [0.1, 0.15) is 23.6 Å². The molecule has 3 rings (SSSR count). The number of methoxy groups -OCH3 is 1. The fourth-order valence-corrected chi connectivity index (χ4v) is 3.05. The Hall–Kier alpha value is -3.04. The number of hydrogen-bond donors (Lipinski definition) is 2. The zero-order chi connectivity index (χ0) is 20.4. The van der Waals surface area contributed by atoms with E-state index in [1.165, 1.54) is 13.2 Å². The average molecular weight is 410 g/mol. The van der Waals surface area contributed by atoms with Crippen molar-refractivity contribution >= 4 is 28.6 Å². The molecule has 10 heteroatoms. The van der Waals surface area contributed by atoms with Gasteiger partial charge in [-0.25, -0.2) is 18.6 Å². The first-order valence-electron chi connectivity index (χ1n) is 7.99. The zero-order valence-electron chi connectivity index (χ0n) is 14.4. The molecular formula is C18H14ClF2N3O4. The van der Waals surface area contributed by atoms with Gasteiger partial charge in [-0.2, -0.15) is 0 Å². The molecule has 0 saturated heterocycles. The van der Waals surface area contributed by atoms with Gasteiger partial charge >= 0.3 is 6.09 Å². The second kappa shape index (κ2) is 7.91. The number of halogens is 3. The smallest absolute Gasteiger partial charge is 0.404 e. The summed E-state index contributed by atoms with van der Waals surface area (Å²) in [6.45, 7) is -0.248. The van der Waals surface area contributed by atoms with E-state index >= 15 is 0 Å². The van der Waals surface area contributed by atoms with Crippen molar-refractivity contribution in [3.63, 3.8) is 0 Å². The SMILES string of the molecule is COC(CNC(=O)O)c1nc2cccc(Cl)c2c(=O)n1-c1cc(F)cc(F)c1.